The van der Waals surface area contributed by atoms with Gasteiger partial charge in [0.1, 0.15) is 12.6 Å². The van der Waals surface area contributed by atoms with Crippen molar-refractivity contribution in [3.05, 3.63) is 12.2 Å². The van der Waals surface area contributed by atoms with Crippen molar-refractivity contribution in [3.8, 4) is 0 Å². The number of esters is 1. The molecule has 0 heterocycles. The molecule has 0 aromatic carbocycles. The Hall–Kier alpha value is -2.46. The molecule has 0 spiro atoms. The molecule has 0 aromatic rings. The van der Waals surface area contributed by atoms with E-state index in [2.05, 4.69) is 16.2 Å². The van der Waals surface area contributed by atoms with Crippen LogP contribution >= 0.6 is 0 Å². The number of amides is 2. The van der Waals surface area contributed by atoms with Crippen LogP contribution in [0.2, 0.25) is 0 Å². The lowest BCUT2D eigenvalue weighted by molar-refractivity contribution is -0.146. The summed E-state index contributed by atoms with van der Waals surface area (Å²) in [4.78, 5) is 40.1. The standard InChI is InChI=1S/C5H10N2O4.C4H6N2O2/c6-1-4(8)11-2-3(7)5(9)10;5-3(7)1-2-4(6)8/h3H,1-2,6-7H2,(H,9,10);1-2H,(H2,5,7)(H2,6,8)/b;2-1+/t3-;/m0./s1. The van der Waals surface area contributed by atoms with Gasteiger partial charge in [0, 0.05) is 12.2 Å². The molecule has 0 aliphatic heterocycles. The van der Waals surface area contributed by atoms with Crippen LogP contribution in [0, 0.1) is 0 Å². The van der Waals surface area contributed by atoms with Crippen molar-refractivity contribution in [3.63, 3.8) is 0 Å². The number of hydrogen-bond donors (Lipinski definition) is 5. The molecule has 0 saturated carbocycles. The lowest BCUT2D eigenvalue weighted by Gasteiger charge is -2.05. The van der Waals surface area contributed by atoms with Gasteiger partial charge in [0.2, 0.25) is 11.8 Å². The quantitative estimate of drug-likeness (QED) is 0.242. The highest BCUT2D eigenvalue weighted by molar-refractivity contribution is 5.95. The summed E-state index contributed by atoms with van der Waals surface area (Å²) in [5.74, 6) is -3.23. The average Bonchev–Trinajstić information content (AvgIpc) is 2.33. The topological polar surface area (TPSA) is 202 Å². The minimum absolute atomic E-state index is 0.271. The van der Waals surface area contributed by atoms with Crippen molar-refractivity contribution in [1.29, 1.82) is 0 Å². The van der Waals surface area contributed by atoms with Gasteiger partial charge in [-0.05, 0) is 0 Å². The van der Waals surface area contributed by atoms with Gasteiger partial charge < -0.3 is 32.8 Å². The van der Waals surface area contributed by atoms with E-state index in [0.717, 1.165) is 12.2 Å². The summed E-state index contributed by atoms with van der Waals surface area (Å²) in [5.41, 5.74) is 19.1. The van der Waals surface area contributed by atoms with Crippen molar-refractivity contribution in [2.75, 3.05) is 13.2 Å². The van der Waals surface area contributed by atoms with Crippen molar-refractivity contribution < 1.29 is 29.0 Å². The van der Waals surface area contributed by atoms with Gasteiger partial charge >= 0.3 is 11.9 Å². The number of carbonyl (C=O) groups excluding carboxylic acids is 3. The lowest BCUT2D eigenvalue weighted by atomic mass is 10.3. The van der Waals surface area contributed by atoms with E-state index in [1.165, 1.54) is 0 Å². The molecule has 0 rings (SSSR count). The van der Waals surface area contributed by atoms with E-state index in [4.69, 9.17) is 16.6 Å². The maximum atomic E-state index is 10.3. The Morgan fingerprint density at radius 3 is 1.79 bits per heavy atom. The van der Waals surface area contributed by atoms with Gasteiger partial charge in [-0.2, -0.15) is 0 Å². The van der Waals surface area contributed by atoms with Crippen LogP contribution in [0.5, 0.6) is 0 Å². The van der Waals surface area contributed by atoms with Crippen LogP contribution in [-0.4, -0.2) is 48.1 Å². The number of carbonyl (C=O) groups is 4. The van der Waals surface area contributed by atoms with Gasteiger partial charge in [-0.3, -0.25) is 19.2 Å². The van der Waals surface area contributed by atoms with Gasteiger partial charge in [-0.1, -0.05) is 0 Å². The molecular formula is C9H16N4O6. The van der Waals surface area contributed by atoms with Crippen LogP contribution in [0.3, 0.4) is 0 Å². The van der Waals surface area contributed by atoms with Crippen LogP contribution < -0.4 is 22.9 Å². The monoisotopic (exact) mass is 276 g/mol. The average molecular weight is 276 g/mol. The summed E-state index contributed by atoms with van der Waals surface area (Å²) in [6, 6.07) is -1.18. The fraction of sp³-hybridized carbons (Fsp3) is 0.333. The molecule has 0 aliphatic rings. The molecule has 0 aliphatic carbocycles. The molecular weight excluding hydrogens is 260 g/mol. The Balaban J connectivity index is 0. The zero-order valence-electron chi connectivity index (χ0n) is 9.94. The number of aliphatic carboxylic acids is 1. The Morgan fingerprint density at radius 2 is 1.53 bits per heavy atom. The van der Waals surface area contributed by atoms with E-state index in [1.807, 2.05) is 0 Å². The molecule has 1 atom stereocenters. The van der Waals surface area contributed by atoms with Gasteiger partial charge in [-0.25, -0.2) is 0 Å². The second-order valence-electron chi connectivity index (χ2n) is 2.97. The Kier molecular flexibility index (Phi) is 10.6. The molecule has 0 aromatic heterocycles. The number of carboxylic acids is 1. The second-order valence-corrected chi connectivity index (χ2v) is 2.97. The third kappa shape index (κ3) is 15.5. The van der Waals surface area contributed by atoms with E-state index < -0.39 is 29.8 Å². The molecule has 0 bridgehead atoms. The van der Waals surface area contributed by atoms with Crippen molar-refractivity contribution >= 4 is 23.8 Å². The highest BCUT2D eigenvalue weighted by Gasteiger charge is 2.12. The Morgan fingerprint density at radius 1 is 1.11 bits per heavy atom. The number of ether oxygens (including phenoxy) is 1. The predicted molar refractivity (Wildman–Crippen MR) is 63.2 cm³/mol. The summed E-state index contributed by atoms with van der Waals surface area (Å²) in [6.07, 6.45) is 1.81. The SMILES string of the molecule is NC(=O)/C=C/C(N)=O.NCC(=O)OC[C@H](N)C(=O)O. The third-order valence-electron chi connectivity index (χ3n) is 1.32. The van der Waals surface area contributed by atoms with Gasteiger partial charge in [0.15, 0.2) is 0 Å². The van der Waals surface area contributed by atoms with Gasteiger partial charge in [-0.15, -0.1) is 0 Å². The van der Waals surface area contributed by atoms with Crippen molar-refractivity contribution in [2.24, 2.45) is 22.9 Å². The Bertz CT molecular complexity index is 352. The van der Waals surface area contributed by atoms with Crippen LogP contribution in [0.4, 0.5) is 0 Å². The fourth-order valence-electron chi connectivity index (χ4n) is 0.477. The summed E-state index contributed by atoms with van der Waals surface area (Å²) in [5, 5.41) is 8.22. The second kappa shape index (κ2) is 10.7. The highest BCUT2D eigenvalue weighted by atomic mass is 16.5. The Labute approximate surface area is 108 Å². The maximum Gasteiger partial charge on any atom is 0.324 e. The van der Waals surface area contributed by atoms with Crippen LogP contribution in [0.15, 0.2) is 12.2 Å². The number of carboxylic acid groups (broad SMARTS) is 1. The highest BCUT2D eigenvalue weighted by Crippen LogP contribution is 1.82. The first kappa shape index (κ1) is 18.9. The van der Waals surface area contributed by atoms with Crippen LogP contribution in [0.25, 0.3) is 0 Å². The van der Waals surface area contributed by atoms with E-state index in [1.54, 1.807) is 0 Å². The molecule has 108 valence electrons. The van der Waals surface area contributed by atoms with E-state index in [9.17, 15) is 19.2 Å². The van der Waals surface area contributed by atoms with E-state index in [-0.39, 0.29) is 13.2 Å². The number of nitrogens with two attached hydrogens (primary N) is 4. The molecule has 0 unspecified atom stereocenters. The molecule has 0 fully saturated rings. The largest absolute Gasteiger partial charge is 0.480 e. The summed E-state index contributed by atoms with van der Waals surface area (Å²) < 4.78 is 4.34. The minimum atomic E-state index is -1.21. The lowest BCUT2D eigenvalue weighted by Crippen LogP contribution is -2.36. The number of hydrogen-bond acceptors (Lipinski definition) is 7. The van der Waals surface area contributed by atoms with Crippen molar-refractivity contribution in [2.45, 2.75) is 6.04 Å². The zero-order valence-corrected chi connectivity index (χ0v) is 9.94. The van der Waals surface area contributed by atoms with E-state index >= 15 is 0 Å². The molecule has 10 heteroatoms. The van der Waals surface area contributed by atoms with Gasteiger partial charge in [0.25, 0.3) is 0 Å². The minimum Gasteiger partial charge on any atom is -0.480 e. The van der Waals surface area contributed by atoms with Crippen molar-refractivity contribution in [1.82, 2.24) is 0 Å². The number of rotatable bonds is 6. The molecule has 2 amide bonds. The molecule has 19 heavy (non-hydrogen) atoms. The molecule has 9 N–H and O–H groups in total. The zero-order chi connectivity index (χ0) is 15.4. The summed E-state index contributed by atoms with van der Waals surface area (Å²) >= 11 is 0. The van der Waals surface area contributed by atoms with E-state index in [0.29, 0.717) is 0 Å². The summed E-state index contributed by atoms with van der Waals surface area (Å²) in [7, 11) is 0. The smallest absolute Gasteiger partial charge is 0.324 e. The summed E-state index contributed by atoms with van der Waals surface area (Å²) in [6.45, 7) is -0.613. The molecule has 0 saturated heterocycles. The normalized spacial score (nSPS) is 11.1. The molecule has 0 radical (unpaired) electrons. The van der Waals surface area contributed by atoms with Crippen LogP contribution in [0.1, 0.15) is 0 Å². The van der Waals surface area contributed by atoms with Gasteiger partial charge in [0.05, 0.1) is 6.54 Å². The first-order valence-corrected chi connectivity index (χ1v) is 4.81. The fourth-order valence-corrected chi connectivity index (χ4v) is 0.477. The first-order chi connectivity index (χ1) is 8.70. The first-order valence-electron chi connectivity index (χ1n) is 4.81. The third-order valence-corrected chi connectivity index (χ3v) is 1.32. The maximum absolute atomic E-state index is 10.3. The predicted octanol–water partition coefficient (Wildman–Crippen LogP) is -3.59. The molecule has 10 nitrogen and oxygen atoms in total. The van der Waals surface area contributed by atoms with Crippen LogP contribution in [-0.2, 0) is 23.9 Å². The number of primary amides is 2.